The third kappa shape index (κ3) is 5.24. The van der Waals surface area contributed by atoms with Gasteiger partial charge in [-0.25, -0.2) is 9.97 Å². The standard InChI is InChI=1S/C26H28N6O2/c1-31(2)15-7-10-25(33)28-18-11-12-24(34-4)22(16-18)30-26-27-14-13-21(29-26)20-17-32(3)23-9-6-5-8-19(20)23/h5-14,16-17H,15H2,1-4H3,(H,28,33)(H,27,29,30)/b10-7+. The first-order chi connectivity index (χ1) is 16.4. The molecule has 2 aromatic carbocycles. The molecule has 0 aliphatic heterocycles. The summed E-state index contributed by atoms with van der Waals surface area (Å²) >= 11 is 0. The lowest BCUT2D eigenvalue weighted by Gasteiger charge is -2.13. The van der Waals surface area contributed by atoms with Gasteiger partial charge in [-0.3, -0.25) is 4.79 Å². The number of hydrogen-bond acceptors (Lipinski definition) is 6. The zero-order chi connectivity index (χ0) is 24.1. The molecule has 0 aliphatic rings. The molecule has 2 N–H and O–H groups in total. The third-order valence-corrected chi connectivity index (χ3v) is 5.28. The molecule has 0 saturated heterocycles. The Morgan fingerprint density at radius 1 is 1.18 bits per heavy atom. The molecule has 0 radical (unpaired) electrons. The Labute approximate surface area is 198 Å². The number of fused-ring (bicyclic) bond motifs is 1. The number of hydrogen-bond donors (Lipinski definition) is 2. The molecule has 4 rings (SSSR count). The van der Waals surface area contributed by atoms with Gasteiger partial charge in [0.15, 0.2) is 0 Å². The number of carbonyl (C=O) groups excluding carboxylic acids is 1. The van der Waals surface area contributed by atoms with Crippen molar-refractivity contribution in [3.63, 3.8) is 0 Å². The minimum Gasteiger partial charge on any atom is -0.495 e. The van der Waals surface area contributed by atoms with E-state index < -0.39 is 0 Å². The van der Waals surface area contributed by atoms with E-state index in [1.165, 1.54) is 6.08 Å². The number of likely N-dealkylation sites (N-methyl/N-ethyl adjacent to an activating group) is 1. The molecule has 0 bridgehead atoms. The average molecular weight is 457 g/mol. The number of nitrogens with zero attached hydrogens (tertiary/aromatic N) is 4. The second kappa shape index (κ2) is 10.2. The number of para-hydroxylation sites is 1. The maximum absolute atomic E-state index is 12.2. The summed E-state index contributed by atoms with van der Waals surface area (Å²) in [5.41, 5.74) is 4.25. The van der Waals surface area contributed by atoms with Gasteiger partial charge in [-0.05, 0) is 44.4 Å². The third-order valence-electron chi connectivity index (χ3n) is 5.28. The summed E-state index contributed by atoms with van der Waals surface area (Å²) in [5, 5.41) is 7.22. The largest absolute Gasteiger partial charge is 0.495 e. The first-order valence-electron chi connectivity index (χ1n) is 10.9. The zero-order valence-corrected chi connectivity index (χ0v) is 19.7. The molecule has 8 heteroatoms. The summed E-state index contributed by atoms with van der Waals surface area (Å²) in [6, 6.07) is 15.5. The van der Waals surface area contributed by atoms with Gasteiger partial charge in [-0.1, -0.05) is 24.3 Å². The monoisotopic (exact) mass is 456 g/mol. The van der Waals surface area contributed by atoms with Crippen LogP contribution in [0.2, 0.25) is 0 Å². The van der Waals surface area contributed by atoms with E-state index in [1.807, 2.05) is 50.3 Å². The number of nitrogens with one attached hydrogen (secondary N) is 2. The molecule has 34 heavy (non-hydrogen) atoms. The molecule has 174 valence electrons. The van der Waals surface area contributed by atoms with Crippen LogP contribution in [0.15, 0.2) is 73.1 Å². The summed E-state index contributed by atoms with van der Waals surface area (Å²) in [4.78, 5) is 23.3. The van der Waals surface area contributed by atoms with E-state index >= 15 is 0 Å². The van der Waals surface area contributed by atoms with E-state index in [-0.39, 0.29) is 5.91 Å². The van der Waals surface area contributed by atoms with E-state index in [0.29, 0.717) is 29.6 Å². The average Bonchev–Trinajstić information content (AvgIpc) is 3.16. The van der Waals surface area contributed by atoms with E-state index in [9.17, 15) is 4.79 Å². The zero-order valence-electron chi connectivity index (χ0n) is 19.7. The second-order valence-corrected chi connectivity index (χ2v) is 8.13. The van der Waals surface area contributed by atoms with Gasteiger partial charge < -0.3 is 24.8 Å². The summed E-state index contributed by atoms with van der Waals surface area (Å²) in [5.74, 6) is 0.838. The van der Waals surface area contributed by atoms with Crippen LogP contribution in [0.3, 0.4) is 0 Å². The number of ether oxygens (including phenoxy) is 1. The number of benzene rings is 2. The molecule has 8 nitrogen and oxygen atoms in total. The molecule has 0 fully saturated rings. The topological polar surface area (TPSA) is 84.3 Å². The molecule has 0 aliphatic carbocycles. The van der Waals surface area contributed by atoms with Crippen LogP contribution in [0, 0.1) is 0 Å². The van der Waals surface area contributed by atoms with Gasteiger partial charge in [0, 0.05) is 54.2 Å². The van der Waals surface area contributed by atoms with Crippen molar-refractivity contribution < 1.29 is 9.53 Å². The highest BCUT2D eigenvalue weighted by atomic mass is 16.5. The maximum Gasteiger partial charge on any atom is 0.248 e. The fourth-order valence-corrected chi connectivity index (χ4v) is 3.67. The van der Waals surface area contributed by atoms with Crippen LogP contribution in [0.4, 0.5) is 17.3 Å². The van der Waals surface area contributed by atoms with Gasteiger partial charge in [-0.2, -0.15) is 0 Å². The Morgan fingerprint density at radius 3 is 2.79 bits per heavy atom. The molecular formula is C26H28N6O2. The second-order valence-electron chi connectivity index (χ2n) is 8.13. The minimum atomic E-state index is -0.202. The number of aryl methyl sites for hydroxylation is 1. The fourth-order valence-electron chi connectivity index (χ4n) is 3.67. The van der Waals surface area contributed by atoms with Gasteiger partial charge in [0.05, 0.1) is 18.5 Å². The Kier molecular flexibility index (Phi) is 6.89. The molecule has 2 aromatic heterocycles. The summed E-state index contributed by atoms with van der Waals surface area (Å²) in [7, 11) is 7.50. The highest BCUT2D eigenvalue weighted by Crippen LogP contribution is 2.32. The number of rotatable bonds is 8. The number of methoxy groups -OCH3 is 1. The van der Waals surface area contributed by atoms with E-state index in [1.54, 1.807) is 31.5 Å². The first-order valence-corrected chi connectivity index (χ1v) is 10.9. The number of anilines is 3. The number of amides is 1. The van der Waals surface area contributed by atoms with Crippen molar-refractivity contribution in [1.82, 2.24) is 19.4 Å². The highest BCUT2D eigenvalue weighted by Gasteiger charge is 2.12. The lowest BCUT2D eigenvalue weighted by atomic mass is 10.1. The number of aromatic nitrogens is 3. The molecule has 0 saturated carbocycles. The predicted octanol–water partition coefficient (Wildman–Crippen LogP) is 4.44. The Balaban J connectivity index is 1.58. The van der Waals surface area contributed by atoms with Crippen molar-refractivity contribution >= 4 is 34.1 Å². The summed E-state index contributed by atoms with van der Waals surface area (Å²) < 4.78 is 7.58. The SMILES string of the molecule is COc1ccc(NC(=O)/C=C/CN(C)C)cc1Nc1nccc(-c2cn(C)c3ccccc23)n1. The van der Waals surface area contributed by atoms with E-state index in [0.717, 1.165) is 22.2 Å². The highest BCUT2D eigenvalue weighted by molar-refractivity contribution is 6.00. The van der Waals surface area contributed by atoms with E-state index in [2.05, 4.69) is 38.5 Å². The van der Waals surface area contributed by atoms with Crippen molar-refractivity contribution in [1.29, 1.82) is 0 Å². The van der Waals surface area contributed by atoms with Crippen LogP contribution in [0.25, 0.3) is 22.2 Å². The predicted molar refractivity (Wildman–Crippen MR) is 137 cm³/mol. The van der Waals surface area contributed by atoms with Crippen molar-refractivity contribution in [2.45, 2.75) is 0 Å². The van der Waals surface area contributed by atoms with Crippen LogP contribution in [0.5, 0.6) is 5.75 Å². The van der Waals surface area contributed by atoms with E-state index in [4.69, 9.17) is 9.72 Å². The number of carbonyl (C=O) groups is 1. The van der Waals surface area contributed by atoms with Crippen molar-refractivity contribution in [2.24, 2.45) is 7.05 Å². The quantitative estimate of drug-likeness (QED) is 0.381. The molecule has 0 atom stereocenters. The van der Waals surface area contributed by atoms with Crippen LogP contribution < -0.4 is 15.4 Å². The van der Waals surface area contributed by atoms with Gasteiger partial charge in [0.25, 0.3) is 0 Å². The molecule has 0 spiro atoms. The Morgan fingerprint density at radius 2 is 2.00 bits per heavy atom. The smallest absolute Gasteiger partial charge is 0.248 e. The van der Waals surface area contributed by atoms with Crippen molar-refractivity contribution in [2.75, 3.05) is 38.4 Å². The molecule has 2 heterocycles. The maximum atomic E-state index is 12.2. The Bertz CT molecular complexity index is 1340. The van der Waals surface area contributed by atoms with Crippen LogP contribution in [0.1, 0.15) is 0 Å². The Hall–Kier alpha value is -4.17. The fraction of sp³-hybridized carbons (Fsp3) is 0.192. The van der Waals surface area contributed by atoms with Crippen LogP contribution >= 0.6 is 0 Å². The first kappa shape index (κ1) is 23.0. The van der Waals surface area contributed by atoms with Gasteiger partial charge in [0.2, 0.25) is 11.9 Å². The normalized spacial score (nSPS) is 11.3. The lowest BCUT2D eigenvalue weighted by Crippen LogP contribution is -2.13. The van der Waals surface area contributed by atoms with Crippen molar-refractivity contribution in [3.05, 3.63) is 73.1 Å². The van der Waals surface area contributed by atoms with Gasteiger partial charge in [0.1, 0.15) is 5.75 Å². The molecule has 0 unspecified atom stereocenters. The minimum absolute atomic E-state index is 0.202. The molecule has 1 amide bonds. The molecule has 4 aromatic rings. The molecular weight excluding hydrogens is 428 g/mol. The summed E-state index contributed by atoms with van der Waals surface area (Å²) in [6.45, 7) is 0.688. The van der Waals surface area contributed by atoms with Crippen molar-refractivity contribution in [3.8, 4) is 17.0 Å². The van der Waals surface area contributed by atoms with Crippen LogP contribution in [-0.4, -0.2) is 53.1 Å². The van der Waals surface area contributed by atoms with Gasteiger partial charge >= 0.3 is 0 Å². The summed E-state index contributed by atoms with van der Waals surface area (Å²) in [6.07, 6.45) is 7.12. The van der Waals surface area contributed by atoms with Gasteiger partial charge in [-0.15, -0.1) is 0 Å². The lowest BCUT2D eigenvalue weighted by molar-refractivity contribution is -0.111. The van der Waals surface area contributed by atoms with Crippen LogP contribution in [-0.2, 0) is 11.8 Å².